The number of nitrogens with zero attached hydrogens (tertiary/aromatic N) is 4. The van der Waals surface area contributed by atoms with E-state index in [-0.39, 0.29) is 17.6 Å². The number of hydrogen-bond donors (Lipinski definition) is 1. The van der Waals surface area contributed by atoms with E-state index in [4.69, 9.17) is 0 Å². The van der Waals surface area contributed by atoms with E-state index >= 15 is 0 Å². The minimum atomic E-state index is -0.247. The maximum atomic E-state index is 13.0. The van der Waals surface area contributed by atoms with E-state index in [1.807, 2.05) is 0 Å². The molecule has 3 aromatic rings. The van der Waals surface area contributed by atoms with Crippen molar-refractivity contribution in [2.24, 2.45) is 5.92 Å². The van der Waals surface area contributed by atoms with Gasteiger partial charge in [-0.15, -0.1) is 11.3 Å². The van der Waals surface area contributed by atoms with Crippen LogP contribution < -0.4 is 10.2 Å². The number of carbonyl (C=O) groups excluding carboxylic acids is 1. The van der Waals surface area contributed by atoms with Crippen molar-refractivity contribution >= 4 is 28.3 Å². The Morgan fingerprint density at radius 3 is 2.79 bits per heavy atom. The topological polar surface area (TPSA) is 71.0 Å². The van der Waals surface area contributed by atoms with Crippen molar-refractivity contribution in [2.75, 3.05) is 23.3 Å². The molecule has 1 fully saturated rings. The van der Waals surface area contributed by atoms with Crippen LogP contribution in [0.25, 0.3) is 0 Å². The highest BCUT2D eigenvalue weighted by Crippen LogP contribution is 2.24. The second kappa shape index (κ2) is 8.43. The van der Waals surface area contributed by atoms with Gasteiger partial charge in [-0.1, -0.05) is 12.1 Å². The highest BCUT2D eigenvalue weighted by atomic mass is 32.1. The Balaban J connectivity index is 1.36. The SMILES string of the molecule is O=C(Nc1ncc(Cc2ccc(F)cc2)s1)[C@H]1CCCN(c2ncccn2)C1. The Kier molecular flexibility index (Phi) is 5.57. The summed E-state index contributed by atoms with van der Waals surface area (Å²) in [6.45, 7) is 1.45. The Hall–Kier alpha value is -2.87. The van der Waals surface area contributed by atoms with E-state index in [0.29, 0.717) is 24.0 Å². The monoisotopic (exact) mass is 397 g/mol. The number of carbonyl (C=O) groups is 1. The molecule has 8 heteroatoms. The van der Waals surface area contributed by atoms with Gasteiger partial charge in [-0.25, -0.2) is 19.3 Å². The number of piperidine rings is 1. The van der Waals surface area contributed by atoms with Crippen molar-refractivity contribution in [3.8, 4) is 0 Å². The normalized spacial score (nSPS) is 16.8. The second-order valence-electron chi connectivity index (χ2n) is 6.76. The fourth-order valence-corrected chi connectivity index (χ4v) is 4.13. The number of aromatic nitrogens is 3. The summed E-state index contributed by atoms with van der Waals surface area (Å²) in [7, 11) is 0. The van der Waals surface area contributed by atoms with E-state index in [0.717, 1.165) is 29.8 Å². The standard InChI is InChI=1S/C20H20FN5OS/c21-16-6-4-14(5-7-16)11-17-12-24-20(28-17)25-18(27)15-3-1-10-26(13-15)19-22-8-2-9-23-19/h2,4-9,12,15H,1,3,10-11,13H2,(H,24,25,27)/t15-/m0/s1. The average molecular weight is 397 g/mol. The average Bonchev–Trinajstić information content (AvgIpc) is 3.17. The summed E-state index contributed by atoms with van der Waals surface area (Å²) in [5.74, 6) is 0.268. The van der Waals surface area contributed by atoms with Crippen molar-refractivity contribution in [2.45, 2.75) is 19.3 Å². The van der Waals surface area contributed by atoms with Gasteiger partial charge in [0.25, 0.3) is 0 Å². The van der Waals surface area contributed by atoms with Crippen LogP contribution in [0, 0.1) is 11.7 Å². The fourth-order valence-electron chi connectivity index (χ4n) is 3.29. The molecule has 4 rings (SSSR count). The molecule has 1 aliphatic heterocycles. The van der Waals surface area contributed by atoms with E-state index in [9.17, 15) is 9.18 Å². The number of thiazole rings is 1. The molecule has 1 aromatic carbocycles. The first-order valence-corrected chi connectivity index (χ1v) is 10.0. The lowest BCUT2D eigenvalue weighted by Gasteiger charge is -2.31. The maximum Gasteiger partial charge on any atom is 0.231 e. The molecule has 0 unspecified atom stereocenters. The van der Waals surface area contributed by atoms with Crippen LogP contribution in [0.5, 0.6) is 0 Å². The van der Waals surface area contributed by atoms with Crippen LogP contribution in [0.1, 0.15) is 23.3 Å². The molecule has 144 valence electrons. The predicted octanol–water partition coefficient (Wildman–Crippen LogP) is 3.52. The molecule has 6 nitrogen and oxygen atoms in total. The van der Waals surface area contributed by atoms with Crippen molar-refractivity contribution in [3.05, 3.63) is 65.2 Å². The first kappa shape index (κ1) is 18.5. The molecule has 0 radical (unpaired) electrons. The molecule has 0 saturated carbocycles. The van der Waals surface area contributed by atoms with Crippen molar-refractivity contribution in [1.29, 1.82) is 0 Å². The van der Waals surface area contributed by atoms with Gasteiger partial charge >= 0.3 is 0 Å². The molecule has 1 atom stereocenters. The third kappa shape index (κ3) is 4.51. The summed E-state index contributed by atoms with van der Waals surface area (Å²) in [5.41, 5.74) is 1.01. The van der Waals surface area contributed by atoms with Crippen LogP contribution in [-0.4, -0.2) is 33.9 Å². The van der Waals surface area contributed by atoms with Gasteiger partial charge in [-0.2, -0.15) is 0 Å². The molecule has 1 saturated heterocycles. The Morgan fingerprint density at radius 1 is 1.21 bits per heavy atom. The Morgan fingerprint density at radius 2 is 2.00 bits per heavy atom. The summed E-state index contributed by atoms with van der Waals surface area (Å²) in [5, 5.41) is 3.53. The van der Waals surface area contributed by atoms with E-state index in [1.54, 1.807) is 36.8 Å². The molecule has 2 aromatic heterocycles. The predicted molar refractivity (Wildman–Crippen MR) is 107 cm³/mol. The number of rotatable bonds is 5. The molecular formula is C20H20FN5OS. The number of benzene rings is 1. The Labute approximate surface area is 166 Å². The molecule has 1 aliphatic rings. The highest BCUT2D eigenvalue weighted by molar-refractivity contribution is 7.15. The van der Waals surface area contributed by atoms with Crippen LogP contribution in [0.3, 0.4) is 0 Å². The van der Waals surface area contributed by atoms with Crippen LogP contribution in [0.4, 0.5) is 15.5 Å². The van der Waals surface area contributed by atoms with Gasteiger partial charge in [0.05, 0.1) is 5.92 Å². The van der Waals surface area contributed by atoms with Crippen LogP contribution in [-0.2, 0) is 11.2 Å². The molecule has 0 spiro atoms. The van der Waals surface area contributed by atoms with E-state index in [2.05, 4.69) is 25.2 Å². The number of halogens is 1. The van der Waals surface area contributed by atoms with Gasteiger partial charge in [-0.3, -0.25) is 4.79 Å². The van der Waals surface area contributed by atoms with Gasteiger partial charge in [0.15, 0.2) is 5.13 Å². The van der Waals surface area contributed by atoms with E-state index in [1.165, 1.54) is 23.5 Å². The number of anilines is 2. The van der Waals surface area contributed by atoms with E-state index < -0.39 is 0 Å². The third-order valence-electron chi connectivity index (χ3n) is 4.70. The number of amides is 1. The van der Waals surface area contributed by atoms with Gasteiger partial charge < -0.3 is 10.2 Å². The maximum absolute atomic E-state index is 13.0. The summed E-state index contributed by atoms with van der Waals surface area (Å²) in [4.78, 5) is 28.6. The summed E-state index contributed by atoms with van der Waals surface area (Å²) in [6.07, 6.45) is 7.60. The smallest absolute Gasteiger partial charge is 0.231 e. The molecule has 0 aliphatic carbocycles. The summed E-state index contributed by atoms with van der Waals surface area (Å²) < 4.78 is 13.0. The fraction of sp³-hybridized carbons (Fsp3) is 0.300. The second-order valence-corrected chi connectivity index (χ2v) is 7.87. The molecular weight excluding hydrogens is 377 g/mol. The third-order valence-corrected chi connectivity index (χ3v) is 5.62. The van der Waals surface area contributed by atoms with Gasteiger partial charge in [0.2, 0.25) is 11.9 Å². The zero-order valence-corrected chi connectivity index (χ0v) is 16.0. The Bertz CT molecular complexity index is 931. The number of hydrogen-bond acceptors (Lipinski definition) is 6. The van der Waals surface area contributed by atoms with Crippen molar-refractivity contribution < 1.29 is 9.18 Å². The largest absolute Gasteiger partial charge is 0.340 e. The van der Waals surface area contributed by atoms with Crippen molar-refractivity contribution in [1.82, 2.24) is 15.0 Å². The van der Waals surface area contributed by atoms with Crippen molar-refractivity contribution in [3.63, 3.8) is 0 Å². The molecule has 1 N–H and O–H groups in total. The molecule has 3 heterocycles. The zero-order valence-electron chi connectivity index (χ0n) is 15.2. The first-order valence-electron chi connectivity index (χ1n) is 9.19. The lowest BCUT2D eigenvalue weighted by atomic mass is 9.97. The molecule has 1 amide bonds. The molecule has 28 heavy (non-hydrogen) atoms. The first-order chi connectivity index (χ1) is 13.7. The van der Waals surface area contributed by atoms with Gasteiger partial charge in [-0.05, 0) is 36.6 Å². The minimum Gasteiger partial charge on any atom is -0.340 e. The van der Waals surface area contributed by atoms with Gasteiger partial charge in [0, 0.05) is 43.0 Å². The lowest BCUT2D eigenvalue weighted by molar-refractivity contribution is -0.120. The van der Waals surface area contributed by atoms with Crippen LogP contribution in [0.15, 0.2) is 48.9 Å². The quantitative estimate of drug-likeness (QED) is 0.713. The lowest BCUT2D eigenvalue weighted by Crippen LogP contribution is -2.41. The van der Waals surface area contributed by atoms with Crippen LogP contribution in [0.2, 0.25) is 0 Å². The summed E-state index contributed by atoms with van der Waals surface area (Å²) in [6, 6.07) is 8.20. The highest BCUT2D eigenvalue weighted by Gasteiger charge is 2.27. The van der Waals surface area contributed by atoms with Gasteiger partial charge in [0.1, 0.15) is 5.82 Å². The zero-order chi connectivity index (χ0) is 19.3. The number of nitrogens with one attached hydrogen (secondary N) is 1. The molecule has 0 bridgehead atoms. The van der Waals surface area contributed by atoms with Crippen LogP contribution >= 0.6 is 11.3 Å². The summed E-state index contributed by atoms with van der Waals surface area (Å²) >= 11 is 1.45. The minimum absolute atomic E-state index is 0.0247.